The van der Waals surface area contributed by atoms with E-state index in [1.54, 1.807) is 36.4 Å². The molecule has 0 aromatic heterocycles. The fraction of sp³-hybridized carbons (Fsp3) is 0.0476. The van der Waals surface area contributed by atoms with Crippen molar-refractivity contribution < 1.29 is 13.2 Å². The lowest BCUT2D eigenvalue weighted by atomic mass is 10.1. The topological polar surface area (TPSA) is 99.1 Å². The smallest absolute Gasteiger partial charge is 0.261 e. The van der Waals surface area contributed by atoms with Crippen molar-refractivity contribution in [1.29, 1.82) is 5.26 Å². The molecule has 0 aliphatic carbocycles. The molecule has 0 heterocycles. The Morgan fingerprint density at radius 2 is 1.67 bits per heavy atom. The molecule has 0 saturated heterocycles. The van der Waals surface area contributed by atoms with Crippen LogP contribution in [0.15, 0.2) is 71.6 Å². The molecule has 6 nitrogen and oxygen atoms in total. The minimum Gasteiger partial charge on any atom is -0.322 e. The third kappa shape index (κ3) is 5.30. The fourth-order valence-corrected chi connectivity index (χ4v) is 4.02. The first kappa shape index (κ1) is 21.7. The normalized spacial score (nSPS) is 10.8. The first-order chi connectivity index (χ1) is 14.3. The number of nitrogens with zero attached hydrogens (tertiary/aromatic N) is 1. The maximum Gasteiger partial charge on any atom is 0.261 e. The number of nitriles is 1. The Hall–Kier alpha value is -3.05. The lowest BCUT2D eigenvalue weighted by Gasteiger charge is -2.11. The van der Waals surface area contributed by atoms with Gasteiger partial charge in [0, 0.05) is 16.9 Å². The third-order valence-corrected chi connectivity index (χ3v) is 6.19. The number of carbonyl (C=O) groups is 1. The molecule has 0 radical (unpaired) electrons. The van der Waals surface area contributed by atoms with Crippen LogP contribution in [-0.2, 0) is 16.4 Å². The fourth-order valence-electron chi connectivity index (χ4n) is 2.58. The summed E-state index contributed by atoms with van der Waals surface area (Å²) in [5.74, 6) is -0.404. The predicted molar refractivity (Wildman–Crippen MR) is 117 cm³/mol. The van der Waals surface area contributed by atoms with Gasteiger partial charge in [0.05, 0.1) is 27.4 Å². The Labute approximate surface area is 184 Å². The maximum absolute atomic E-state index is 12.6. The number of hydrogen-bond donors (Lipinski definition) is 2. The van der Waals surface area contributed by atoms with Crippen molar-refractivity contribution in [3.8, 4) is 6.07 Å². The van der Waals surface area contributed by atoms with Crippen LogP contribution in [0.2, 0.25) is 10.0 Å². The zero-order valence-corrected chi connectivity index (χ0v) is 17.7. The molecule has 152 valence electrons. The molecule has 0 unspecified atom stereocenters. The summed E-state index contributed by atoms with van der Waals surface area (Å²) in [5.41, 5.74) is 1.89. The number of rotatable bonds is 6. The van der Waals surface area contributed by atoms with Gasteiger partial charge in [0.25, 0.3) is 15.9 Å². The number of halogens is 2. The van der Waals surface area contributed by atoms with Gasteiger partial charge in [0.1, 0.15) is 0 Å². The first-order valence-corrected chi connectivity index (χ1v) is 10.9. The van der Waals surface area contributed by atoms with Gasteiger partial charge < -0.3 is 5.32 Å². The minimum absolute atomic E-state index is 0.0517. The van der Waals surface area contributed by atoms with Gasteiger partial charge in [-0.05, 0) is 54.1 Å². The predicted octanol–water partition coefficient (Wildman–Crippen LogP) is 5.11. The van der Waals surface area contributed by atoms with Crippen molar-refractivity contribution in [1.82, 2.24) is 0 Å². The maximum atomic E-state index is 12.6. The SMILES string of the molecule is N#CCc1ccc(NC(=O)c2cccc(NS(=O)(=O)c3ccc(Cl)c(Cl)c3)c2)cc1. The highest BCUT2D eigenvalue weighted by atomic mass is 35.5. The lowest BCUT2D eigenvalue weighted by Crippen LogP contribution is -2.15. The molecule has 30 heavy (non-hydrogen) atoms. The zero-order valence-electron chi connectivity index (χ0n) is 15.4. The van der Waals surface area contributed by atoms with Crippen LogP contribution < -0.4 is 10.0 Å². The minimum atomic E-state index is -3.92. The van der Waals surface area contributed by atoms with Crippen molar-refractivity contribution >= 4 is 50.5 Å². The number of anilines is 2. The lowest BCUT2D eigenvalue weighted by molar-refractivity contribution is 0.102. The van der Waals surface area contributed by atoms with Crippen molar-refractivity contribution in [3.05, 3.63) is 87.9 Å². The van der Waals surface area contributed by atoms with Crippen LogP contribution >= 0.6 is 23.2 Å². The second-order valence-corrected chi connectivity index (χ2v) is 8.74. The number of sulfonamides is 1. The molecule has 0 aliphatic heterocycles. The van der Waals surface area contributed by atoms with Gasteiger partial charge in [-0.1, -0.05) is 41.4 Å². The summed E-state index contributed by atoms with van der Waals surface area (Å²) in [6.07, 6.45) is 0.287. The van der Waals surface area contributed by atoms with E-state index < -0.39 is 15.9 Å². The molecule has 0 spiro atoms. The first-order valence-electron chi connectivity index (χ1n) is 8.64. The van der Waals surface area contributed by atoms with Gasteiger partial charge in [-0.15, -0.1) is 0 Å². The van der Waals surface area contributed by atoms with E-state index >= 15 is 0 Å². The highest BCUT2D eigenvalue weighted by Crippen LogP contribution is 2.26. The molecule has 2 N–H and O–H groups in total. The quantitative estimate of drug-likeness (QED) is 0.534. The summed E-state index contributed by atoms with van der Waals surface area (Å²) in [6, 6.07) is 19.0. The molecule has 0 atom stereocenters. The largest absolute Gasteiger partial charge is 0.322 e. The monoisotopic (exact) mass is 459 g/mol. The van der Waals surface area contributed by atoms with Crippen LogP contribution in [0.25, 0.3) is 0 Å². The van der Waals surface area contributed by atoms with Crippen LogP contribution in [0.3, 0.4) is 0 Å². The Morgan fingerprint density at radius 3 is 2.33 bits per heavy atom. The van der Waals surface area contributed by atoms with Crippen LogP contribution in [0, 0.1) is 11.3 Å². The van der Waals surface area contributed by atoms with Crippen LogP contribution in [0.1, 0.15) is 15.9 Å². The average Bonchev–Trinajstić information content (AvgIpc) is 2.71. The Morgan fingerprint density at radius 1 is 0.933 bits per heavy atom. The molecule has 0 aliphatic rings. The van der Waals surface area contributed by atoms with Crippen LogP contribution in [-0.4, -0.2) is 14.3 Å². The van der Waals surface area contributed by atoms with E-state index in [9.17, 15) is 13.2 Å². The second kappa shape index (κ2) is 9.18. The molecule has 0 bridgehead atoms. The summed E-state index contributed by atoms with van der Waals surface area (Å²) in [6.45, 7) is 0. The number of amides is 1. The van der Waals surface area contributed by atoms with E-state index in [0.29, 0.717) is 5.69 Å². The van der Waals surface area contributed by atoms with Crippen LogP contribution in [0.5, 0.6) is 0 Å². The van der Waals surface area contributed by atoms with Gasteiger partial charge in [0.15, 0.2) is 0 Å². The Balaban J connectivity index is 1.75. The Kier molecular flexibility index (Phi) is 6.63. The number of benzene rings is 3. The highest BCUT2D eigenvalue weighted by Gasteiger charge is 2.16. The summed E-state index contributed by atoms with van der Waals surface area (Å²) < 4.78 is 27.6. The van der Waals surface area contributed by atoms with Crippen molar-refractivity contribution in [2.24, 2.45) is 0 Å². The number of carbonyl (C=O) groups excluding carboxylic acids is 1. The van der Waals surface area contributed by atoms with Gasteiger partial charge in [-0.3, -0.25) is 9.52 Å². The van der Waals surface area contributed by atoms with Crippen molar-refractivity contribution in [2.75, 3.05) is 10.0 Å². The summed E-state index contributed by atoms with van der Waals surface area (Å²) in [7, 11) is -3.92. The summed E-state index contributed by atoms with van der Waals surface area (Å²) in [4.78, 5) is 12.5. The summed E-state index contributed by atoms with van der Waals surface area (Å²) in [5, 5.41) is 11.8. The average molecular weight is 460 g/mol. The van der Waals surface area contributed by atoms with E-state index in [2.05, 4.69) is 16.1 Å². The second-order valence-electron chi connectivity index (χ2n) is 6.25. The van der Waals surface area contributed by atoms with E-state index in [0.717, 1.165) is 5.56 Å². The Bertz CT molecular complexity index is 1240. The number of hydrogen-bond acceptors (Lipinski definition) is 4. The van der Waals surface area contributed by atoms with E-state index in [1.165, 1.54) is 30.3 Å². The number of nitrogens with one attached hydrogen (secondary N) is 2. The highest BCUT2D eigenvalue weighted by molar-refractivity contribution is 7.92. The molecule has 9 heteroatoms. The molecule has 0 saturated carbocycles. The molecule has 1 amide bonds. The third-order valence-electron chi connectivity index (χ3n) is 4.07. The molecule has 0 fully saturated rings. The van der Waals surface area contributed by atoms with Crippen LogP contribution in [0.4, 0.5) is 11.4 Å². The van der Waals surface area contributed by atoms with Gasteiger partial charge in [-0.2, -0.15) is 5.26 Å². The molecular weight excluding hydrogens is 445 g/mol. The van der Waals surface area contributed by atoms with Crippen molar-refractivity contribution in [3.63, 3.8) is 0 Å². The summed E-state index contributed by atoms with van der Waals surface area (Å²) >= 11 is 11.7. The van der Waals surface area contributed by atoms with E-state index in [-0.39, 0.29) is 32.6 Å². The molecule has 3 aromatic carbocycles. The van der Waals surface area contributed by atoms with Crippen molar-refractivity contribution in [2.45, 2.75) is 11.3 Å². The molecular formula is C21H15Cl2N3O3S. The van der Waals surface area contributed by atoms with Gasteiger partial charge in [0.2, 0.25) is 0 Å². The van der Waals surface area contributed by atoms with E-state index in [4.69, 9.17) is 28.5 Å². The van der Waals surface area contributed by atoms with Gasteiger partial charge in [-0.25, -0.2) is 8.42 Å². The molecule has 3 rings (SSSR count). The zero-order chi connectivity index (χ0) is 21.7. The van der Waals surface area contributed by atoms with Gasteiger partial charge >= 0.3 is 0 Å². The van der Waals surface area contributed by atoms with E-state index in [1.807, 2.05) is 0 Å². The molecule has 3 aromatic rings. The standard InChI is InChI=1S/C21H15Cl2N3O3S/c22-19-9-8-18(13-20(19)23)30(28,29)26-17-3-1-2-15(12-17)21(27)25-16-6-4-14(5-7-16)10-11-24/h1-9,12-13,26H,10H2,(H,25,27).